The molecule has 2 rings (SSSR count). The Morgan fingerprint density at radius 2 is 2.42 bits per heavy atom. The molecule has 0 atom stereocenters. The first-order valence-electron chi connectivity index (χ1n) is 3.66. The van der Waals surface area contributed by atoms with Crippen LogP contribution in [0, 0.1) is 11.3 Å². The van der Waals surface area contributed by atoms with E-state index in [0.717, 1.165) is 23.4 Å². The van der Waals surface area contributed by atoms with E-state index >= 15 is 0 Å². The zero-order valence-corrected chi connectivity index (χ0v) is 6.41. The molecule has 0 bridgehead atoms. The predicted octanol–water partition coefficient (Wildman–Crippen LogP) is 1.02. The molecule has 1 aliphatic carbocycles. The summed E-state index contributed by atoms with van der Waals surface area (Å²) in [5.41, 5.74) is 8.80. The Labute approximate surface area is 70.2 Å². The topological polar surface area (TPSA) is 62.2 Å². The molecule has 0 radical (unpaired) electrons. The van der Waals surface area contributed by atoms with Crippen LogP contribution in [-0.4, -0.2) is 6.21 Å². The second-order valence-electron chi connectivity index (χ2n) is 2.70. The van der Waals surface area contributed by atoms with Gasteiger partial charge in [-0.2, -0.15) is 5.26 Å². The van der Waals surface area contributed by atoms with Crippen LogP contribution in [-0.2, 0) is 0 Å². The Balaban J connectivity index is 2.49. The lowest BCUT2D eigenvalue weighted by molar-refractivity contribution is 1.13. The second-order valence-corrected chi connectivity index (χ2v) is 2.70. The minimum atomic E-state index is 0.657. The number of hydrogen-bond acceptors (Lipinski definition) is 3. The Kier molecular flexibility index (Phi) is 1.34. The van der Waals surface area contributed by atoms with Crippen molar-refractivity contribution in [3.8, 4) is 6.07 Å². The van der Waals surface area contributed by atoms with Gasteiger partial charge in [0.05, 0.1) is 11.3 Å². The SMILES string of the molecule is N#CC1=C2CC=C(N)C=C2N=C1. The summed E-state index contributed by atoms with van der Waals surface area (Å²) in [7, 11) is 0. The van der Waals surface area contributed by atoms with Crippen LogP contribution in [0.25, 0.3) is 0 Å². The van der Waals surface area contributed by atoms with E-state index in [1.165, 1.54) is 0 Å². The van der Waals surface area contributed by atoms with Crippen LogP contribution < -0.4 is 5.73 Å². The third kappa shape index (κ3) is 0.857. The van der Waals surface area contributed by atoms with Crippen LogP contribution in [0.2, 0.25) is 0 Å². The normalized spacial score (nSPS) is 19.9. The molecule has 0 aromatic carbocycles. The van der Waals surface area contributed by atoms with Gasteiger partial charge in [0.1, 0.15) is 6.07 Å². The lowest BCUT2D eigenvalue weighted by Gasteiger charge is -2.07. The maximum atomic E-state index is 8.69. The van der Waals surface area contributed by atoms with Crippen LogP contribution in [0.1, 0.15) is 6.42 Å². The molecule has 1 aliphatic heterocycles. The Hall–Kier alpha value is -1.82. The summed E-state index contributed by atoms with van der Waals surface area (Å²) in [5.74, 6) is 0. The molecule has 58 valence electrons. The van der Waals surface area contributed by atoms with Crippen molar-refractivity contribution in [1.29, 1.82) is 5.26 Å². The quantitative estimate of drug-likeness (QED) is 0.570. The van der Waals surface area contributed by atoms with Gasteiger partial charge in [-0.05, 0) is 12.5 Å². The van der Waals surface area contributed by atoms with Crippen LogP contribution in [0.4, 0.5) is 0 Å². The van der Waals surface area contributed by atoms with E-state index in [9.17, 15) is 0 Å². The minimum Gasteiger partial charge on any atom is -0.399 e. The number of hydrogen-bond donors (Lipinski definition) is 1. The lowest BCUT2D eigenvalue weighted by Crippen LogP contribution is -2.00. The summed E-state index contributed by atoms with van der Waals surface area (Å²) in [5, 5.41) is 8.69. The molecule has 0 fully saturated rings. The van der Waals surface area contributed by atoms with E-state index in [-0.39, 0.29) is 0 Å². The summed E-state index contributed by atoms with van der Waals surface area (Å²) >= 11 is 0. The summed E-state index contributed by atoms with van der Waals surface area (Å²) in [6.07, 6.45) is 6.00. The van der Waals surface area contributed by atoms with E-state index < -0.39 is 0 Å². The second kappa shape index (κ2) is 2.35. The largest absolute Gasteiger partial charge is 0.399 e. The fourth-order valence-corrected chi connectivity index (χ4v) is 1.30. The molecule has 0 aromatic rings. The molecule has 0 spiro atoms. The first-order valence-corrected chi connectivity index (χ1v) is 3.66. The summed E-state index contributed by atoms with van der Waals surface area (Å²) in [4.78, 5) is 4.08. The van der Waals surface area contributed by atoms with Gasteiger partial charge < -0.3 is 5.73 Å². The molecule has 3 heteroatoms. The first kappa shape index (κ1) is 6.86. The number of allylic oxidation sites excluding steroid dienone is 4. The van der Waals surface area contributed by atoms with Crippen LogP contribution in [0.5, 0.6) is 0 Å². The molecule has 0 unspecified atom stereocenters. The number of nitrogens with two attached hydrogens (primary N) is 1. The summed E-state index contributed by atoms with van der Waals surface area (Å²) < 4.78 is 0. The van der Waals surface area contributed by atoms with E-state index in [1.807, 2.05) is 6.08 Å². The molecule has 0 saturated heterocycles. The smallest absolute Gasteiger partial charge is 0.101 e. The molecule has 2 N–H and O–H groups in total. The molecule has 1 heterocycles. The van der Waals surface area contributed by atoms with Gasteiger partial charge in [0, 0.05) is 17.5 Å². The number of aliphatic imine (C=N–C) groups is 1. The van der Waals surface area contributed by atoms with Crippen molar-refractivity contribution in [3.63, 3.8) is 0 Å². The third-order valence-electron chi connectivity index (χ3n) is 1.93. The summed E-state index contributed by atoms with van der Waals surface area (Å²) in [6, 6.07) is 2.10. The van der Waals surface area contributed by atoms with E-state index in [4.69, 9.17) is 11.0 Å². The maximum absolute atomic E-state index is 8.69. The Bertz CT molecular complexity index is 388. The third-order valence-corrected chi connectivity index (χ3v) is 1.93. The molecule has 3 nitrogen and oxygen atoms in total. The average molecular weight is 157 g/mol. The number of rotatable bonds is 0. The van der Waals surface area contributed by atoms with Crippen molar-refractivity contribution in [2.45, 2.75) is 6.42 Å². The Morgan fingerprint density at radius 3 is 3.17 bits per heavy atom. The van der Waals surface area contributed by atoms with Gasteiger partial charge in [-0.1, -0.05) is 6.08 Å². The van der Waals surface area contributed by atoms with Gasteiger partial charge in [-0.15, -0.1) is 0 Å². The maximum Gasteiger partial charge on any atom is 0.101 e. The van der Waals surface area contributed by atoms with Gasteiger partial charge in [-0.25, -0.2) is 0 Å². The van der Waals surface area contributed by atoms with Gasteiger partial charge >= 0.3 is 0 Å². The fourth-order valence-electron chi connectivity index (χ4n) is 1.30. The first-order chi connectivity index (χ1) is 5.81. The van der Waals surface area contributed by atoms with Crippen LogP contribution in [0.15, 0.2) is 39.7 Å². The fraction of sp³-hybridized carbons (Fsp3) is 0.111. The van der Waals surface area contributed by atoms with E-state index in [1.54, 1.807) is 12.3 Å². The number of nitriles is 1. The van der Waals surface area contributed by atoms with Crippen molar-refractivity contribution < 1.29 is 0 Å². The van der Waals surface area contributed by atoms with Crippen molar-refractivity contribution in [2.24, 2.45) is 10.7 Å². The highest BCUT2D eigenvalue weighted by atomic mass is 14.8. The van der Waals surface area contributed by atoms with Crippen molar-refractivity contribution in [3.05, 3.63) is 34.7 Å². The highest BCUT2D eigenvalue weighted by Gasteiger charge is 2.17. The number of nitrogens with zero attached hydrogens (tertiary/aromatic N) is 2. The van der Waals surface area contributed by atoms with E-state index in [2.05, 4.69) is 11.1 Å². The van der Waals surface area contributed by atoms with Crippen molar-refractivity contribution in [2.75, 3.05) is 0 Å². The van der Waals surface area contributed by atoms with E-state index in [0.29, 0.717) is 5.57 Å². The molecule has 0 amide bonds. The monoisotopic (exact) mass is 157 g/mol. The zero-order valence-electron chi connectivity index (χ0n) is 6.41. The van der Waals surface area contributed by atoms with Gasteiger partial charge in [0.25, 0.3) is 0 Å². The average Bonchev–Trinajstić information content (AvgIpc) is 2.46. The zero-order chi connectivity index (χ0) is 8.55. The predicted molar refractivity (Wildman–Crippen MR) is 46.1 cm³/mol. The molecular weight excluding hydrogens is 150 g/mol. The number of fused-ring (bicyclic) bond motifs is 1. The molecular formula is C9H7N3. The molecule has 0 saturated carbocycles. The summed E-state index contributed by atoms with van der Waals surface area (Å²) in [6.45, 7) is 0. The molecule has 12 heavy (non-hydrogen) atoms. The highest BCUT2D eigenvalue weighted by Crippen LogP contribution is 2.28. The Morgan fingerprint density at radius 1 is 1.58 bits per heavy atom. The van der Waals surface area contributed by atoms with Crippen LogP contribution >= 0.6 is 0 Å². The standard InChI is InChI=1S/C9H7N3/c10-4-6-5-12-9-3-7(11)1-2-8(6)9/h1,3,5H,2,11H2. The molecule has 0 aromatic heterocycles. The lowest BCUT2D eigenvalue weighted by atomic mass is 10.0. The minimum absolute atomic E-state index is 0.657. The van der Waals surface area contributed by atoms with Crippen molar-refractivity contribution in [1.82, 2.24) is 0 Å². The van der Waals surface area contributed by atoms with Gasteiger partial charge in [0.2, 0.25) is 0 Å². The molecule has 2 aliphatic rings. The van der Waals surface area contributed by atoms with Gasteiger partial charge in [-0.3, -0.25) is 4.99 Å². The highest BCUT2D eigenvalue weighted by molar-refractivity contribution is 5.91. The van der Waals surface area contributed by atoms with Crippen molar-refractivity contribution >= 4 is 6.21 Å². The van der Waals surface area contributed by atoms with Crippen LogP contribution in [0.3, 0.4) is 0 Å². The van der Waals surface area contributed by atoms with Gasteiger partial charge in [0.15, 0.2) is 0 Å².